The van der Waals surface area contributed by atoms with Gasteiger partial charge in [0, 0.05) is 0 Å². The molecule has 0 aliphatic carbocycles. The van der Waals surface area contributed by atoms with Crippen molar-refractivity contribution >= 4 is 55.2 Å². The fourth-order valence-corrected chi connectivity index (χ4v) is 1.10. The van der Waals surface area contributed by atoms with Crippen LogP contribution in [0.25, 0.3) is 0 Å². The van der Waals surface area contributed by atoms with E-state index in [4.69, 9.17) is 5.11 Å². The number of hydrogen-bond acceptors (Lipinski definition) is 3. The van der Waals surface area contributed by atoms with E-state index in [1.54, 1.807) is 18.8 Å². The summed E-state index contributed by atoms with van der Waals surface area (Å²) < 4.78 is 0. The summed E-state index contributed by atoms with van der Waals surface area (Å²) in [4.78, 5) is 10.4. The van der Waals surface area contributed by atoms with E-state index in [2.05, 4.69) is 5.32 Å². The minimum Gasteiger partial charge on any atom is -0.480 e. The summed E-state index contributed by atoms with van der Waals surface area (Å²) in [7, 11) is 1.67. The molecule has 6 heteroatoms. The largest absolute Gasteiger partial charge is 0.480 e. The predicted octanol–water partition coefficient (Wildman–Crippen LogP) is 1.14. The van der Waals surface area contributed by atoms with Crippen molar-refractivity contribution in [3.8, 4) is 0 Å². The van der Waals surface area contributed by atoms with Gasteiger partial charge in [0.2, 0.25) is 0 Å². The zero-order valence-electron chi connectivity index (χ0n) is 7.16. The van der Waals surface area contributed by atoms with Crippen molar-refractivity contribution in [3.63, 3.8) is 0 Å². The third-order valence-electron chi connectivity index (χ3n) is 1.26. The maximum absolute atomic E-state index is 10.4. The standard InChI is InChI=1S/C6H13NO2S.HI.H2S/c1-7-5(6(8)9)3-4-10-2;;/h5,7H,3-4H2,1-2H3,(H,8,9);1H;1H2. The van der Waals surface area contributed by atoms with Gasteiger partial charge in [0.25, 0.3) is 0 Å². The topological polar surface area (TPSA) is 49.3 Å². The normalized spacial score (nSPS) is 10.8. The van der Waals surface area contributed by atoms with E-state index in [1.165, 1.54) is 0 Å². The molecule has 76 valence electrons. The Kier molecular flexibility index (Phi) is 18.4. The molecule has 0 saturated carbocycles. The summed E-state index contributed by atoms with van der Waals surface area (Å²) in [5.41, 5.74) is 0. The summed E-state index contributed by atoms with van der Waals surface area (Å²) in [5, 5.41) is 11.3. The predicted molar refractivity (Wildman–Crippen MR) is 69.3 cm³/mol. The fourth-order valence-electron chi connectivity index (χ4n) is 0.627. The van der Waals surface area contributed by atoms with Gasteiger partial charge in [0.05, 0.1) is 0 Å². The molecule has 0 saturated heterocycles. The van der Waals surface area contributed by atoms with Crippen LogP contribution in [0, 0.1) is 0 Å². The molecule has 0 aromatic heterocycles. The molecule has 0 amide bonds. The average Bonchev–Trinajstić information content (AvgIpc) is 1.89. The molecule has 0 aromatic rings. The molecule has 1 unspecified atom stereocenters. The highest BCUT2D eigenvalue weighted by molar-refractivity contribution is 14.0. The first-order valence-corrected chi connectivity index (χ1v) is 4.50. The number of likely N-dealkylation sites (N-methyl/N-ethyl adjacent to an activating group) is 1. The van der Waals surface area contributed by atoms with Crippen LogP contribution in [-0.2, 0) is 4.79 Å². The molecule has 0 bridgehead atoms. The maximum atomic E-state index is 10.4. The number of carboxylic acid groups (broad SMARTS) is 1. The van der Waals surface area contributed by atoms with E-state index < -0.39 is 5.97 Å². The van der Waals surface area contributed by atoms with Crippen LogP contribution in [-0.4, -0.2) is 36.2 Å². The van der Waals surface area contributed by atoms with Crippen LogP contribution in [0.5, 0.6) is 0 Å². The number of nitrogens with one attached hydrogen (secondary N) is 1. The van der Waals surface area contributed by atoms with Crippen LogP contribution in [0.2, 0.25) is 0 Å². The first-order valence-electron chi connectivity index (χ1n) is 3.11. The van der Waals surface area contributed by atoms with E-state index in [0.717, 1.165) is 5.75 Å². The molecule has 2 N–H and O–H groups in total. The summed E-state index contributed by atoms with van der Waals surface area (Å²) in [6, 6.07) is -0.382. The SMILES string of the molecule is CNC(CCSC)C(=O)O.I.S. The second kappa shape index (κ2) is 11.9. The van der Waals surface area contributed by atoms with Crippen molar-refractivity contribution in [1.29, 1.82) is 0 Å². The van der Waals surface area contributed by atoms with E-state index in [-0.39, 0.29) is 43.5 Å². The Morgan fingerprint density at radius 3 is 2.42 bits per heavy atom. The second-order valence-electron chi connectivity index (χ2n) is 1.96. The van der Waals surface area contributed by atoms with Gasteiger partial charge in [-0.05, 0) is 25.5 Å². The van der Waals surface area contributed by atoms with Gasteiger partial charge >= 0.3 is 5.97 Å². The Bertz CT molecular complexity index is 116. The molecule has 3 nitrogen and oxygen atoms in total. The van der Waals surface area contributed by atoms with Gasteiger partial charge in [-0.3, -0.25) is 4.79 Å². The second-order valence-corrected chi connectivity index (χ2v) is 2.95. The van der Waals surface area contributed by atoms with Crippen LogP contribution in [0.1, 0.15) is 6.42 Å². The summed E-state index contributed by atoms with van der Waals surface area (Å²) in [6.07, 6.45) is 2.65. The Balaban J connectivity index is -0.000000405. The van der Waals surface area contributed by atoms with Crippen molar-refractivity contribution in [1.82, 2.24) is 5.32 Å². The van der Waals surface area contributed by atoms with Gasteiger partial charge in [-0.25, -0.2) is 0 Å². The lowest BCUT2D eigenvalue weighted by Gasteiger charge is -2.08. The summed E-state index contributed by atoms with van der Waals surface area (Å²) in [5.74, 6) is 0.120. The number of hydrogen-bond donors (Lipinski definition) is 2. The number of rotatable bonds is 5. The van der Waals surface area contributed by atoms with Crippen LogP contribution in [0.4, 0.5) is 0 Å². The maximum Gasteiger partial charge on any atom is 0.320 e. The molecule has 0 rings (SSSR count). The van der Waals surface area contributed by atoms with Crippen molar-refractivity contribution in [2.45, 2.75) is 12.5 Å². The highest BCUT2D eigenvalue weighted by atomic mass is 127. The van der Waals surface area contributed by atoms with Crippen molar-refractivity contribution in [2.24, 2.45) is 0 Å². The van der Waals surface area contributed by atoms with Crippen LogP contribution < -0.4 is 5.32 Å². The number of halogens is 1. The lowest BCUT2D eigenvalue weighted by Crippen LogP contribution is -2.34. The van der Waals surface area contributed by atoms with E-state index in [1.807, 2.05) is 6.26 Å². The lowest BCUT2D eigenvalue weighted by atomic mass is 10.2. The number of carbonyl (C=O) groups is 1. The quantitative estimate of drug-likeness (QED) is 0.745. The first kappa shape index (κ1) is 18.6. The Labute approximate surface area is 102 Å². The van der Waals surface area contributed by atoms with Gasteiger partial charge in [-0.2, -0.15) is 25.3 Å². The average molecular weight is 325 g/mol. The molecule has 0 fully saturated rings. The van der Waals surface area contributed by atoms with Gasteiger partial charge in [-0.15, -0.1) is 24.0 Å². The Morgan fingerprint density at radius 1 is 1.67 bits per heavy atom. The van der Waals surface area contributed by atoms with E-state index in [0.29, 0.717) is 6.42 Å². The molecular weight excluding hydrogens is 309 g/mol. The molecule has 12 heavy (non-hydrogen) atoms. The highest BCUT2D eigenvalue weighted by Gasteiger charge is 2.12. The minimum absolute atomic E-state index is 0. The molecule has 0 radical (unpaired) electrons. The smallest absolute Gasteiger partial charge is 0.320 e. The first-order chi connectivity index (χ1) is 4.72. The van der Waals surface area contributed by atoms with E-state index >= 15 is 0 Å². The summed E-state index contributed by atoms with van der Waals surface area (Å²) >= 11 is 1.66. The van der Waals surface area contributed by atoms with Crippen molar-refractivity contribution in [2.75, 3.05) is 19.1 Å². The minimum atomic E-state index is -0.767. The Morgan fingerprint density at radius 2 is 2.17 bits per heavy atom. The van der Waals surface area contributed by atoms with Gasteiger partial charge in [0.15, 0.2) is 0 Å². The lowest BCUT2D eigenvalue weighted by molar-refractivity contribution is -0.139. The molecule has 1 atom stereocenters. The van der Waals surface area contributed by atoms with Gasteiger partial charge in [0.1, 0.15) is 6.04 Å². The van der Waals surface area contributed by atoms with Crippen molar-refractivity contribution < 1.29 is 9.90 Å². The van der Waals surface area contributed by atoms with Crippen LogP contribution >= 0.6 is 49.2 Å². The monoisotopic (exact) mass is 325 g/mol. The van der Waals surface area contributed by atoms with Gasteiger partial charge < -0.3 is 10.4 Å². The molecule has 0 aliphatic heterocycles. The third-order valence-corrected chi connectivity index (χ3v) is 1.90. The molecule has 0 heterocycles. The zero-order valence-corrected chi connectivity index (χ0v) is 11.3. The number of carboxylic acids is 1. The summed E-state index contributed by atoms with van der Waals surface area (Å²) in [6.45, 7) is 0. The Hall–Kier alpha value is 0.860. The molecule has 0 aromatic carbocycles. The molecule has 0 aliphatic rings. The van der Waals surface area contributed by atoms with Gasteiger partial charge in [-0.1, -0.05) is 0 Å². The molecule has 0 spiro atoms. The van der Waals surface area contributed by atoms with Crippen molar-refractivity contribution in [3.05, 3.63) is 0 Å². The van der Waals surface area contributed by atoms with E-state index in [9.17, 15) is 4.79 Å². The molecular formula is C6H16INO2S2. The van der Waals surface area contributed by atoms with Crippen LogP contribution in [0.15, 0.2) is 0 Å². The number of aliphatic carboxylic acids is 1. The highest BCUT2D eigenvalue weighted by Crippen LogP contribution is 1.99. The fraction of sp³-hybridized carbons (Fsp3) is 0.833. The third kappa shape index (κ3) is 8.95. The zero-order chi connectivity index (χ0) is 7.98. The number of thioether (sulfide) groups is 1. The van der Waals surface area contributed by atoms with Crippen LogP contribution in [0.3, 0.4) is 0 Å².